The van der Waals surface area contributed by atoms with Crippen LogP contribution >= 0.6 is 0 Å². The fourth-order valence-corrected chi connectivity index (χ4v) is 3.91. The molecule has 2 aromatic carbocycles. The largest absolute Gasteiger partial charge is 0.378 e. The number of rotatable bonds is 4. The van der Waals surface area contributed by atoms with Gasteiger partial charge in [-0.3, -0.25) is 9.48 Å². The lowest BCUT2D eigenvalue weighted by atomic mass is 10.1. The number of anilines is 2. The number of amides is 1. The lowest BCUT2D eigenvalue weighted by molar-refractivity contribution is 0.0304. The number of aromatic nitrogens is 4. The van der Waals surface area contributed by atoms with Crippen molar-refractivity contribution in [3.63, 3.8) is 0 Å². The molecule has 158 valence electrons. The van der Waals surface area contributed by atoms with Crippen molar-refractivity contribution in [3.05, 3.63) is 53.9 Å². The minimum Gasteiger partial charge on any atom is -0.378 e. The minimum atomic E-state index is -0.0112. The fourth-order valence-electron chi connectivity index (χ4n) is 3.91. The van der Waals surface area contributed by atoms with E-state index in [0.29, 0.717) is 37.8 Å². The molecule has 2 aromatic heterocycles. The Hall–Kier alpha value is -3.52. The van der Waals surface area contributed by atoms with E-state index in [-0.39, 0.29) is 5.91 Å². The molecule has 0 unspecified atom stereocenters. The number of benzene rings is 2. The molecule has 3 heterocycles. The summed E-state index contributed by atoms with van der Waals surface area (Å²) in [7, 11) is 0. The molecule has 1 saturated heterocycles. The third kappa shape index (κ3) is 3.70. The average molecular weight is 416 g/mol. The zero-order valence-corrected chi connectivity index (χ0v) is 17.6. The summed E-state index contributed by atoms with van der Waals surface area (Å²) in [5, 5.41) is 9.74. The standard InChI is InChI=1S/C23H24N6O2/c1-3-29-14-19-18(22(30)28-7-9-31-10-8-28)11-17(12-20(19)27-29)25-23-24-13-16-6-4-5-15(2)21(16)26-23/h4-6,11-14H,3,7-10H2,1-2H3,(H,24,25,26). The molecule has 0 spiro atoms. The first-order valence-corrected chi connectivity index (χ1v) is 10.5. The molecular weight excluding hydrogens is 392 g/mol. The number of morpholine rings is 1. The van der Waals surface area contributed by atoms with Crippen LogP contribution in [-0.4, -0.2) is 56.9 Å². The molecule has 1 N–H and O–H groups in total. The first kappa shape index (κ1) is 19.4. The SMILES string of the molecule is CCn1cc2c(C(=O)N3CCOCC3)cc(Nc3ncc4cccc(C)c4n3)cc2n1. The third-order valence-electron chi connectivity index (χ3n) is 5.59. The predicted octanol–water partition coefficient (Wildman–Crippen LogP) is 3.52. The van der Waals surface area contributed by atoms with Gasteiger partial charge in [-0.25, -0.2) is 9.97 Å². The number of fused-ring (bicyclic) bond motifs is 2. The highest BCUT2D eigenvalue weighted by Crippen LogP contribution is 2.27. The van der Waals surface area contributed by atoms with Crippen molar-refractivity contribution < 1.29 is 9.53 Å². The quantitative estimate of drug-likeness (QED) is 0.548. The molecular formula is C23H24N6O2. The minimum absolute atomic E-state index is 0.0112. The first-order valence-electron chi connectivity index (χ1n) is 10.5. The molecule has 0 radical (unpaired) electrons. The molecule has 5 rings (SSSR count). The normalized spacial score (nSPS) is 14.3. The second-order valence-electron chi connectivity index (χ2n) is 7.68. The molecule has 1 aliphatic rings. The molecule has 4 aromatic rings. The lowest BCUT2D eigenvalue weighted by Gasteiger charge is -2.27. The van der Waals surface area contributed by atoms with Crippen molar-refractivity contribution in [1.29, 1.82) is 0 Å². The maximum absolute atomic E-state index is 13.3. The van der Waals surface area contributed by atoms with Gasteiger partial charge < -0.3 is 15.0 Å². The van der Waals surface area contributed by atoms with Crippen LogP contribution in [0.5, 0.6) is 0 Å². The van der Waals surface area contributed by atoms with Gasteiger partial charge in [0.15, 0.2) is 0 Å². The highest BCUT2D eigenvalue weighted by Gasteiger charge is 2.22. The fraction of sp³-hybridized carbons (Fsp3) is 0.304. The van der Waals surface area contributed by atoms with Crippen molar-refractivity contribution >= 4 is 39.3 Å². The summed E-state index contributed by atoms with van der Waals surface area (Å²) >= 11 is 0. The Morgan fingerprint density at radius 3 is 2.87 bits per heavy atom. The van der Waals surface area contributed by atoms with Gasteiger partial charge in [-0.15, -0.1) is 0 Å². The Balaban J connectivity index is 1.55. The maximum Gasteiger partial charge on any atom is 0.254 e. The summed E-state index contributed by atoms with van der Waals surface area (Å²) in [6, 6.07) is 9.82. The van der Waals surface area contributed by atoms with Gasteiger partial charge in [0.25, 0.3) is 5.91 Å². The summed E-state index contributed by atoms with van der Waals surface area (Å²) in [5.74, 6) is 0.476. The van der Waals surface area contributed by atoms with Crippen LogP contribution in [0.1, 0.15) is 22.8 Å². The average Bonchev–Trinajstić information content (AvgIpc) is 3.22. The van der Waals surface area contributed by atoms with E-state index in [0.717, 1.165) is 39.6 Å². The first-order chi connectivity index (χ1) is 15.1. The van der Waals surface area contributed by atoms with E-state index < -0.39 is 0 Å². The van der Waals surface area contributed by atoms with Crippen LogP contribution in [0.3, 0.4) is 0 Å². The van der Waals surface area contributed by atoms with Crippen molar-refractivity contribution in [2.24, 2.45) is 0 Å². The number of nitrogens with one attached hydrogen (secondary N) is 1. The summed E-state index contributed by atoms with van der Waals surface area (Å²) in [6.45, 7) is 7.09. The zero-order chi connectivity index (χ0) is 21.4. The molecule has 0 aliphatic carbocycles. The molecule has 31 heavy (non-hydrogen) atoms. The van der Waals surface area contributed by atoms with Crippen molar-refractivity contribution in [2.75, 3.05) is 31.6 Å². The predicted molar refractivity (Wildman–Crippen MR) is 120 cm³/mol. The highest BCUT2D eigenvalue weighted by molar-refractivity contribution is 6.07. The van der Waals surface area contributed by atoms with Crippen LogP contribution in [0, 0.1) is 6.92 Å². The Morgan fingerprint density at radius 2 is 2.06 bits per heavy atom. The number of ether oxygens (including phenoxy) is 1. The number of hydrogen-bond acceptors (Lipinski definition) is 6. The van der Waals surface area contributed by atoms with E-state index in [4.69, 9.17) is 4.74 Å². The van der Waals surface area contributed by atoms with Gasteiger partial charge in [0.2, 0.25) is 5.95 Å². The summed E-state index contributed by atoms with van der Waals surface area (Å²) < 4.78 is 7.25. The van der Waals surface area contributed by atoms with Gasteiger partial charge >= 0.3 is 0 Å². The maximum atomic E-state index is 13.3. The lowest BCUT2D eigenvalue weighted by Crippen LogP contribution is -2.40. The summed E-state index contributed by atoms with van der Waals surface area (Å²) in [5.41, 5.74) is 4.11. The zero-order valence-electron chi connectivity index (χ0n) is 17.6. The number of nitrogens with zero attached hydrogens (tertiary/aromatic N) is 5. The molecule has 1 fully saturated rings. The van der Waals surface area contributed by atoms with Crippen LogP contribution in [-0.2, 0) is 11.3 Å². The van der Waals surface area contributed by atoms with Gasteiger partial charge in [-0.2, -0.15) is 5.10 Å². The van der Waals surface area contributed by atoms with Gasteiger partial charge in [0.1, 0.15) is 0 Å². The second-order valence-corrected chi connectivity index (χ2v) is 7.68. The van der Waals surface area contributed by atoms with E-state index in [2.05, 4.69) is 20.4 Å². The molecule has 0 bridgehead atoms. The van der Waals surface area contributed by atoms with Crippen molar-refractivity contribution in [1.82, 2.24) is 24.6 Å². The number of carbonyl (C=O) groups is 1. The molecule has 8 nitrogen and oxygen atoms in total. The van der Waals surface area contributed by atoms with E-state index in [1.165, 1.54) is 0 Å². The number of aryl methyl sites for hydroxylation is 2. The van der Waals surface area contributed by atoms with Crippen LogP contribution < -0.4 is 5.32 Å². The molecule has 8 heteroatoms. The Labute approximate surface area is 179 Å². The number of para-hydroxylation sites is 1. The van der Waals surface area contributed by atoms with Gasteiger partial charge in [-0.05, 0) is 31.5 Å². The third-order valence-corrected chi connectivity index (χ3v) is 5.59. The number of carbonyl (C=O) groups excluding carboxylic acids is 1. The van der Waals surface area contributed by atoms with E-state index >= 15 is 0 Å². The van der Waals surface area contributed by atoms with Crippen molar-refractivity contribution in [2.45, 2.75) is 20.4 Å². The van der Waals surface area contributed by atoms with Crippen LogP contribution in [0.15, 0.2) is 42.7 Å². The topological polar surface area (TPSA) is 85.2 Å². The smallest absolute Gasteiger partial charge is 0.254 e. The van der Waals surface area contributed by atoms with Crippen LogP contribution in [0.25, 0.3) is 21.8 Å². The van der Waals surface area contributed by atoms with Crippen LogP contribution in [0.2, 0.25) is 0 Å². The monoisotopic (exact) mass is 416 g/mol. The second kappa shape index (κ2) is 7.96. The molecule has 0 atom stereocenters. The van der Waals surface area contributed by atoms with Gasteiger partial charge in [-0.1, -0.05) is 18.2 Å². The molecule has 0 saturated carbocycles. The number of hydrogen-bond donors (Lipinski definition) is 1. The van der Waals surface area contributed by atoms with Gasteiger partial charge in [0.05, 0.1) is 29.8 Å². The molecule has 1 aliphatic heterocycles. The Bertz CT molecular complexity index is 1280. The van der Waals surface area contributed by atoms with Crippen LogP contribution in [0.4, 0.5) is 11.6 Å². The highest BCUT2D eigenvalue weighted by atomic mass is 16.5. The van der Waals surface area contributed by atoms with E-state index in [1.807, 2.05) is 66.2 Å². The van der Waals surface area contributed by atoms with E-state index in [1.54, 1.807) is 0 Å². The van der Waals surface area contributed by atoms with Crippen molar-refractivity contribution in [3.8, 4) is 0 Å². The Kier molecular flexibility index (Phi) is 4.99. The Morgan fingerprint density at radius 1 is 1.23 bits per heavy atom. The van der Waals surface area contributed by atoms with E-state index in [9.17, 15) is 4.79 Å². The summed E-state index contributed by atoms with van der Waals surface area (Å²) in [6.07, 6.45) is 3.74. The van der Waals surface area contributed by atoms with Gasteiger partial charge in [0, 0.05) is 48.5 Å². The summed E-state index contributed by atoms with van der Waals surface area (Å²) in [4.78, 5) is 24.3. The molecule has 1 amide bonds.